The van der Waals surface area contributed by atoms with Crippen LogP contribution in [0, 0.1) is 0 Å². The number of alkyl halides is 4. The minimum Gasteiger partial charge on any atom is -0.386 e. The van der Waals surface area contributed by atoms with Crippen LogP contribution in [0.3, 0.4) is 0 Å². The number of nitrogens with zero attached hydrogens (tertiary/aromatic N) is 17. The number of anilines is 6. The smallest absolute Gasteiger partial charge is 0.386 e. The molecule has 15 aliphatic rings. The van der Waals surface area contributed by atoms with E-state index in [0.29, 0.717) is 88.2 Å². The molecule has 9 fully saturated rings. The number of nitrogens with one attached hydrogen (secondary N) is 6. The van der Waals surface area contributed by atoms with Crippen LogP contribution in [0.5, 0.6) is 0 Å². The van der Waals surface area contributed by atoms with E-state index in [4.69, 9.17) is 125 Å². The van der Waals surface area contributed by atoms with Gasteiger partial charge < -0.3 is 134 Å². The number of aromatic nitrogens is 17. The normalized spacial score (nSPS) is 37.5. The summed E-state index contributed by atoms with van der Waals surface area (Å²) in [6, 6.07) is 5.55. The fourth-order valence-electron chi connectivity index (χ4n) is 22.3. The highest BCUT2D eigenvalue weighted by molar-refractivity contribution is 8.44. The van der Waals surface area contributed by atoms with Gasteiger partial charge >= 0.3 is 13.5 Å². The molecule has 49 nitrogen and oxygen atoms in total. The predicted molar refractivity (Wildman–Crippen MR) is 535 cm³/mol. The molecular weight excluding hydrogens is 2130 g/mol. The first-order valence-electron chi connectivity index (χ1n) is 48.9. The van der Waals surface area contributed by atoms with Gasteiger partial charge in [0.2, 0.25) is 30.3 Å². The number of rotatable bonds is 6. The molecule has 0 amide bonds. The van der Waals surface area contributed by atoms with Crippen molar-refractivity contribution in [2.45, 2.75) is 225 Å². The maximum atomic E-state index is 16.4. The van der Waals surface area contributed by atoms with Crippen molar-refractivity contribution in [3.8, 4) is 0 Å². The van der Waals surface area contributed by atoms with Crippen LogP contribution in [0.25, 0.3) is 66.2 Å². The summed E-state index contributed by atoms with van der Waals surface area (Å²) in [6.45, 7) is -7.55. The molecule has 27 heterocycles. The van der Waals surface area contributed by atoms with E-state index in [1.54, 1.807) is 50.9 Å². The highest BCUT2D eigenvalue weighted by atomic mass is 32.7. The molecular formula is C85H95B4F4N23O26P6S2. The standard InChI is InChI=1S/C29H32BF2N7O8P2S.C29H33BFN7O9P2S.C27H30B2FN9O9P2/c30-48(40)42-11-17-24(22(32)29(44-17)39-10-15-4-2-7-34-25-20(15)27(39)37-13-36-25)47-49(41,50)43-12-18-23(46-48)21(31)28(45-18)38-9-14-3-1-6-33-16-5-8-35-26(38)19(14)16;30-48(40)42-11-18-24(22(39)29(45-18)38-10-15-4-2-7-33-25-20(15)27(38)36-13-35-25)47-49(41,50)43-12-17-23(46-48)21(31)28(44-17)37-9-14-3-1-6-32-16-5-8-34-26(37)19(14)16;28-49(41)44-10-16-22(20(40)27(46-16)39-24-17-12(5-8-33-24)31-6-1-3-13(17)36-39)48-50(29,42)43-9-15-21(47-49)19(30)26(45-15)38-25-18-14(37-38)4-2-7-32-23(18)34-11-35-25/h5,8-10,13,17-18,21-24,28-29,33H,1-4,6-7,11-12H2,(H,41,50)(H,34,36,37);5,8-10,13,17-18,21-24,28-29,32,39H,1-4,6-7,11-12H2,(H,41,50)(H,33,35,36);5,8,11,15-16,19-22,26-27,31,40H,1-4,6-7,9-10H2,(H,32,34,35)/t2*17-,18-,21+,22?,23?,24+,28-,29-,48?,49?;15-,16-,19?,20+,21+,22?,26-,27-,49?,50?/m111/s1. The number of pyridine rings is 3. The molecule has 0 bridgehead atoms. The first kappa shape index (κ1) is 102. The zero-order valence-corrected chi connectivity index (χ0v) is 86.1. The minimum atomic E-state index is -4.55. The molecule has 12 aromatic heterocycles. The third-order valence-corrected chi connectivity index (χ3v) is 36.4. The lowest BCUT2D eigenvalue weighted by Gasteiger charge is -2.30. The number of aliphatic hydroxyl groups is 2. The molecule has 9 N–H and O–H groups in total. The topological polar surface area (TPSA) is 556 Å². The molecule has 150 heavy (non-hydrogen) atoms. The molecule has 0 saturated carbocycles. The molecule has 0 aliphatic carbocycles. The number of halogens is 4. The first-order valence-corrected chi connectivity index (χ1v) is 60.6. The van der Waals surface area contributed by atoms with Gasteiger partial charge in [0.05, 0.1) is 72.6 Å². The van der Waals surface area contributed by atoms with Gasteiger partial charge in [0.25, 0.3) is 29.9 Å². The molecule has 0 aromatic carbocycles. The van der Waals surface area contributed by atoms with E-state index in [2.05, 4.69) is 99.2 Å². The van der Waals surface area contributed by atoms with Gasteiger partial charge in [0, 0.05) is 110 Å². The summed E-state index contributed by atoms with van der Waals surface area (Å²) in [6.07, 6.45) is -10.1. The van der Waals surface area contributed by atoms with Gasteiger partial charge in [-0.25, -0.2) is 76.3 Å². The quantitative estimate of drug-likeness (QED) is 0.0320. The second kappa shape index (κ2) is 40.2. The van der Waals surface area contributed by atoms with Gasteiger partial charge in [-0.05, 0) is 129 Å². The van der Waals surface area contributed by atoms with Crippen LogP contribution < -0.4 is 31.9 Å². The Labute approximate surface area is 864 Å². The van der Waals surface area contributed by atoms with E-state index in [1.807, 2.05) is 24.4 Å². The number of hydrogen-bond donors (Lipinski definition) is 10. The lowest BCUT2D eigenvalue weighted by molar-refractivity contribution is -0.0601. The molecule has 30 atom stereocenters. The molecule has 12 unspecified atom stereocenters. The Morgan fingerprint density at radius 2 is 0.653 bits per heavy atom. The summed E-state index contributed by atoms with van der Waals surface area (Å²) in [4.78, 5) is 50.8. The van der Waals surface area contributed by atoms with Crippen molar-refractivity contribution in [1.29, 1.82) is 0 Å². The Morgan fingerprint density at radius 1 is 0.347 bits per heavy atom. The Bertz CT molecular complexity index is 6490. The van der Waals surface area contributed by atoms with Crippen molar-refractivity contribution in [2.24, 2.45) is 0 Å². The van der Waals surface area contributed by atoms with Crippen molar-refractivity contribution in [2.75, 3.05) is 111 Å². The van der Waals surface area contributed by atoms with Crippen molar-refractivity contribution < 1.29 is 138 Å². The largest absolute Gasteiger partial charge is 0.386 e. The molecule has 0 spiro atoms. The van der Waals surface area contributed by atoms with Gasteiger partial charge in [-0.1, -0.05) is 12.2 Å². The van der Waals surface area contributed by atoms with Crippen LogP contribution in [0.2, 0.25) is 0 Å². The number of hydrogen-bond acceptors (Lipinski definition) is 43. The minimum absolute atomic E-state index is 0.302. The summed E-state index contributed by atoms with van der Waals surface area (Å²) in [5.41, 5.74) is 10.4. The average Bonchev–Trinajstić information content (AvgIpc) is 1.61. The highest BCUT2D eigenvalue weighted by Gasteiger charge is 2.60. The van der Waals surface area contributed by atoms with Crippen LogP contribution in [0.15, 0.2) is 80.6 Å². The van der Waals surface area contributed by atoms with E-state index < -0.39 is 231 Å². The Balaban J connectivity index is 0.000000116. The van der Waals surface area contributed by atoms with E-state index >= 15 is 17.6 Å². The van der Waals surface area contributed by atoms with E-state index in [0.717, 1.165) is 162 Å². The zero-order chi connectivity index (χ0) is 103. The van der Waals surface area contributed by atoms with Crippen LogP contribution in [-0.2, 0) is 156 Å². The summed E-state index contributed by atoms with van der Waals surface area (Å²) in [7, 11) is 5.96. The lowest BCUT2D eigenvalue weighted by atomic mass is 10.1. The number of aliphatic hydroxyl groups excluding tert-OH is 2. The van der Waals surface area contributed by atoms with Crippen LogP contribution in [-0.4, -0.2) is 317 Å². The van der Waals surface area contributed by atoms with Crippen molar-refractivity contribution in [1.82, 2.24) is 82.7 Å². The Kier molecular flexibility index (Phi) is 27.4. The van der Waals surface area contributed by atoms with Gasteiger partial charge in [0.15, 0.2) is 73.3 Å². The second-order valence-corrected chi connectivity index (χ2v) is 50.4. The fraction of sp³-hybridized carbons (Fsp3) is 0.565. The fourth-order valence-corrected chi connectivity index (χ4v) is 29.3. The van der Waals surface area contributed by atoms with Crippen molar-refractivity contribution in [3.63, 3.8) is 0 Å². The number of thiol groups is 1. The molecule has 788 valence electrons. The van der Waals surface area contributed by atoms with Crippen molar-refractivity contribution in [3.05, 3.63) is 114 Å². The number of ether oxygens (including phenoxy) is 6. The molecule has 15 aliphatic heterocycles. The van der Waals surface area contributed by atoms with E-state index in [-0.39, 0.29) is 0 Å². The van der Waals surface area contributed by atoms with Crippen LogP contribution in [0.1, 0.15) is 110 Å². The van der Waals surface area contributed by atoms with Crippen LogP contribution in [0.4, 0.5) is 52.1 Å². The number of aryl methyl sites for hydroxylation is 6. The number of fused-ring (bicyclic) bond motifs is 6. The summed E-state index contributed by atoms with van der Waals surface area (Å²) >= 11 is 9.48. The third kappa shape index (κ3) is 19.1. The van der Waals surface area contributed by atoms with Gasteiger partial charge in [-0.15, -0.1) is 0 Å². The molecule has 8 radical (unpaired) electrons. The van der Waals surface area contributed by atoms with Crippen molar-refractivity contribution >= 4 is 198 Å². The zero-order valence-electron chi connectivity index (χ0n) is 79.0. The third-order valence-electron chi connectivity index (χ3n) is 29.0. The second-order valence-electron chi connectivity index (χ2n) is 38.6. The first-order chi connectivity index (χ1) is 72.2. The maximum absolute atomic E-state index is 16.4. The maximum Gasteiger partial charge on any atom is 0.386 e. The van der Waals surface area contributed by atoms with Crippen LogP contribution >= 0.6 is 55.7 Å². The molecule has 9 saturated heterocycles. The molecule has 27 rings (SSSR count). The monoisotopic (exact) mass is 2220 g/mol. The molecule has 65 heteroatoms. The van der Waals surface area contributed by atoms with Gasteiger partial charge in [-0.2, -0.15) is 10.2 Å². The van der Waals surface area contributed by atoms with Gasteiger partial charge in [0.1, 0.15) is 144 Å². The summed E-state index contributed by atoms with van der Waals surface area (Å²) < 4.78 is 247. The average molecular weight is 2220 g/mol. The van der Waals surface area contributed by atoms with E-state index in [9.17, 15) is 37.9 Å². The highest BCUT2D eigenvalue weighted by Crippen LogP contribution is 2.62. The lowest BCUT2D eigenvalue weighted by Crippen LogP contribution is -2.38. The van der Waals surface area contributed by atoms with Gasteiger partial charge in [-0.3, -0.25) is 31.8 Å². The SMILES string of the molecule is [B]P1(=O)OC[C@H]2O[C@@H](n3cc4c5c(ncnc53)NCCC4)C(F)[C@H]2OP(O)(=S)OC[C@H]2O[C@@H](n3cc4c5c(ccnc53)NCCC4)[C@@H](F)C2O1.[B]P1(=O)OC[C@H]2O[C@@H](n3cc4c5c(ncnc53)NCCC4)C(O)[C@H]2OP(=O)(S)OC[C@H]2O[C@@H](n3cc4c5c(ccnc53)NCCC4)[C@@H](F)C2O1.[B]P1(=O)OC[C@H]2O[C@@H](n3nc4c5c(ncnc53)NCCC4)C(F)[C@H]2OP([B])(=O)OC[C@H]2O[C@@H](n3nc4c5c(ccnc53)NCCC4)[C@@H](O)C2O1. The Hall–Kier alpha value is -8.12. The Morgan fingerprint density at radius 3 is 1.11 bits per heavy atom. The van der Waals surface area contributed by atoms with E-state index in [1.165, 1.54) is 32.9 Å². The predicted octanol–water partition coefficient (Wildman–Crippen LogP) is 9.65. The molecule has 12 aromatic rings. The summed E-state index contributed by atoms with van der Waals surface area (Å²) in [5.74, 6) is 1.84. The summed E-state index contributed by atoms with van der Waals surface area (Å²) in [5, 5.41) is 56.8.